The van der Waals surface area contributed by atoms with Crippen molar-refractivity contribution in [3.8, 4) is 0 Å². The number of benzene rings is 1. The molecule has 0 radical (unpaired) electrons. The van der Waals surface area contributed by atoms with Gasteiger partial charge in [-0.1, -0.05) is 0 Å². The number of Topliss-reactive ketones (excluding diaryl/α,β-unsaturated/α-hetero) is 1. The summed E-state index contributed by atoms with van der Waals surface area (Å²) in [5, 5.41) is 3.30. The number of ketones is 1. The zero-order valence-electron chi connectivity index (χ0n) is 8.01. The topological polar surface area (TPSA) is 29.1 Å². The molecule has 2 rings (SSSR count). The van der Waals surface area contributed by atoms with Crippen LogP contribution in [0.4, 0.5) is 5.69 Å². The fourth-order valence-corrected chi connectivity index (χ4v) is 1.86. The second kappa shape index (κ2) is 3.53. The molecule has 0 aromatic heterocycles. The maximum atomic E-state index is 11.3. The monoisotopic (exact) mass is 301 g/mol. The molecule has 0 atom stereocenters. The van der Waals surface area contributed by atoms with Crippen molar-refractivity contribution >= 4 is 34.1 Å². The first-order chi connectivity index (χ1) is 6.62. The summed E-state index contributed by atoms with van der Waals surface area (Å²) in [5.74, 6) is 0.246. The van der Waals surface area contributed by atoms with Gasteiger partial charge in [-0.05, 0) is 66.6 Å². The molecule has 0 amide bonds. The quantitative estimate of drug-likeness (QED) is 0.870. The van der Waals surface area contributed by atoms with Crippen molar-refractivity contribution in [1.29, 1.82) is 0 Å². The molecule has 1 saturated carbocycles. The molecule has 0 unspecified atom stereocenters. The largest absolute Gasteiger partial charge is 0.373 e. The van der Waals surface area contributed by atoms with Gasteiger partial charge in [0.2, 0.25) is 0 Å². The molecule has 1 aliphatic carbocycles. The lowest BCUT2D eigenvalue weighted by atomic mass is 10.1. The first-order valence-corrected chi connectivity index (χ1v) is 5.75. The van der Waals surface area contributed by atoms with Gasteiger partial charge in [-0.3, -0.25) is 4.79 Å². The Morgan fingerprint density at radius 3 is 2.36 bits per heavy atom. The SMILES string of the molecule is CC(=O)C1(Nc2ccc(I)cc2)CC1. The van der Waals surface area contributed by atoms with Crippen LogP contribution in [0.5, 0.6) is 0 Å². The number of nitrogens with one attached hydrogen (secondary N) is 1. The minimum Gasteiger partial charge on any atom is -0.373 e. The van der Waals surface area contributed by atoms with E-state index in [0.717, 1.165) is 18.5 Å². The third-order valence-electron chi connectivity index (χ3n) is 2.65. The first kappa shape index (κ1) is 9.96. The third kappa shape index (κ3) is 1.92. The number of carbonyl (C=O) groups excluding carboxylic acids is 1. The molecular weight excluding hydrogens is 289 g/mol. The van der Waals surface area contributed by atoms with Crippen LogP contribution in [-0.4, -0.2) is 11.3 Å². The van der Waals surface area contributed by atoms with Gasteiger partial charge in [0.15, 0.2) is 5.78 Å². The molecule has 1 aliphatic rings. The molecule has 1 aromatic carbocycles. The summed E-state index contributed by atoms with van der Waals surface area (Å²) in [6.45, 7) is 1.66. The van der Waals surface area contributed by atoms with Crippen LogP contribution in [0.25, 0.3) is 0 Å². The van der Waals surface area contributed by atoms with Crippen LogP contribution in [0.15, 0.2) is 24.3 Å². The summed E-state index contributed by atoms with van der Waals surface area (Å²) >= 11 is 2.27. The second-order valence-electron chi connectivity index (χ2n) is 3.77. The standard InChI is InChI=1S/C11H12INO/c1-8(14)11(6-7-11)13-10-4-2-9(12)3-5-10/h2-5,13H,6-7H2,1H3. The number of anilines is 1. The second-order valence-corrected chi connectivity index (χ2v) is 5.02. The predicted octanol–water partition coefficient (Wildman–Crippen LogP) is 2.82. The van der Waals surface area contributed by atoms with Gasteiger partial charge < -0.3 is 5.32 Å². The molecule has 1 fully saturated rings. The number of halogens is 1. The Kier molecular flexibility index (Phi) is 2.51. The zero-order valence-corrected chi connectivity index (χ0v) is 10.2. The molecule has 74 valence electrons. The zero-order chi connectivity index (χ0) is 10.2. The van der Waals surface area contributed by atoms with E-state index in [0.29, 0.717) is 0 Å². The smallest absolute Gasteiger partial charge is 0.155 e. The van der Waals surface area contributed by atoms with Crippen LogP contribution >= 0.6 is 22.6 Å². The van der Waals surface area contributed by atoms with Crippen LogP contribution < -0.4 is 5.32 Å². The highest BCUT2D eigenvalue weighted by molar-refractivity contribution is 14.1. The highest BCUT2D eigenvalue weighted by Crippen LogP contribution is 2.39. The summed E-state index contributed by atoms with van der Waals surface area (Å²) in [6, 6.07) is 8.12. The Labute approximate surface area is 97.2 Å². The number of hydrogen-bond acceptors (Lipinski definition) is 2. The molecule has 0 bridgehead atoms. The summed E-state index contributed by atoms with van der Waals surface area (Å²) in [4.78, 5) is 11.3. The van der Waals surface area contributed by atoms with Crippen molar-refractivity contribution in [2.45, 2.75) is 25.3 Å². The average Bonchev–Trinajstić information content (AvgIpc) is 2.90. The molecule has 1 N–H and O–H groups in total. The van der Waals surface area contributed by atoms with Crippen LogP contribution in [0.1, 0.15) is 19.8 Å². The Bertz CT molecular complexity index is 354. The van der Waals surface area contributed by atoms with E-state index in [1.54, 1.807) is 6.92 Å². The van der Waals surface area contributed by atoms with E-state index in [4.69, 9.17) is 0 Å². The molecule has 14 heavy (non-hydrogen) atoms. The lowest BCUT2D eigenvalue weighted by Gasteiger charge is -2.15. The van der Waals surface area contributed by atoms with Gasteiger partial charge in [0.1, 0.15) is 0 Å². The summed E-state index contributed by atoms with van der Waals surface area (Å²) in [5.41, 5.74) is 0.797. The predicted molar refractivity (Wildman–Crippen MR) is 65.4 cm³/mol. The Morgan fingerprint density at radius 2 is 1.93 bits per heavy atom. The van der Waals surface area contributed by atoms with Gasteiger partial charge in [-0.15, -0.1) is 0 Å². The van der Waals surface area contributed by atoms with E-state index >= 15 is 0 Å². The summed E-state index contributed by atoms with van der Waals surface area (Å²) < 4.78 is 1.21. The van der Waals surface area contributed by atoms with E-state index in [-0.39, 0.29) is 11.3 Å². The summed E-state index contributed by atoms with van der Waals surface area (Å²) in [7, 11) is 0. The Morgan fingerprint density at radius 1 is 1.36 bits per heavy atom. The molecular formula is C11H12INO. The van der Waals surface area contributed by atoms with Gasteiger partial charge in [0, 0.05) is 9.26 Å². The molecule has 3 heteroatoms. The van der Waals surface area contributed by atoms with E-state index < -0.39 is 0 Å². The van der Waals surface area contributed by atoms with Crippen molar-refractivity contribution in [2.24, 2.45) is 0 Å². The fourth-order valence-electron chi connectivity index (χ4n) is 1.50. The normalized spacial score (nSPS) is 17.6. The van der Waals surface area contributed by atoms with Crippen molar-refractivity contribution in [3.63, 3.8) is 0 Å². The van der Waals surface area contributed by atoms with Crippen molar-refractivity contribution in [3.05, 3.63) is 27.8 Å². The lowest BCUT2D eigenvalue weighted by molar-refractivity contribution is -0.118. The maximum Gasteiger partial charge on any atom is 0.155 e. The van der Waals surface area contributed by atoms with E-state index in [1.165, 1.54) is 3.57 Å². The molecule has 1 aromatic rings. The van der Waals surface area contributed by atoms with Crippen molar-refractivity contribution in [1.82, 2.24) is 0 Å². The van der Waals surface area contributed by atoms with Crippen LogP contribution in [0, 0.1) is 3.57 Å². The Balaban J connectivity index is 2.11. The maximum absolute atomic E-state index is 11.3. The van der Waals surface area contributed by atoms with Crippen LogP contribution in [0.3, 0.4) is 0 Å². The van der Waals surface area contributed by atoms with Crippen LogP contribution in [-0.2, 0) is 4.79 Å². The minimum atomic E-state index is -0.243. The number of carbonyl (C=O) groups is 1. The van der Waals surface area contributed by atoms with Gasteiger partial charge in [-0.2, -0.15) is 0 Å². The number of hydrogen-bond donors (Lipinski definition) is 1. The van der Waals surface area contributed by atoms with Gasteiger partial charge in [-0.25, -0.2) is 0 Å². The van der Waals surface area contributed by atoms with Crippen LogP contribution in [0.2, 0.25) is 0 Å². The average molecular weight is 301 g/mol. The van der Waals surface area contributed by atoms with Crippen molar-refractivity contribution < 1.29 is 4.79 Å². The summed E-state index contributed by atoms with van der Waals surface area (Å²) in [6.07, 6.45) is 1.93. The molecule has 2 nitrogen and oxygen atoms in total. The van der Waals surface area contributed by atoms with E-state index in [2.05, 4.69) is 27.9 Å². The fraction of sp³-hybridized carbons (Fsp3) is 0.364. The third-order valence-corrected chi connectivity index (χ3v) is 3.37. The lowest BCUT2D eigenvalue weighted by Crippen LogP contribution is -2.29. The van der Waals surface area contributed by atoms with E-state index in [1.807, 2.05) is 24.3 Å². The highest BCUT2D eigenvalue weighted by Gasteiger charge is 2.47. The highest BCUT2D eigenvalue weighted by atomic mass is 127. The molecule has 0 heterocycles. The first-order valence-electron chi connectivity index (χ1n) is 4.67. The molecule has 0 saturated heterocycles. The minimum absolute atomic E-state index is 0.243. The molecule has 0 aliphatic heterocycles. The molecule has 0 spiro atoms. The van der Waals surface area contributed by atoms with E-state index in [9.17, 15) is 4.79 Å². The van der Waals surface area contributed by atoms with Gasteiger partial charge in [0.05, 0.1) is 5.54 Å². The Hall–Kier alpha value is -0.580. The van der Waals surface area contributed by atoms with Crippen molar-refractivity contribution in [2.75, 3.05) is 5.32 Å². The van der Waals surface area contributed by atoms with Gasteiger partial charge >= 0.3 is 0 Å². The number of rotatable bonds is 3. The van der Waals surface area contributed by atoms with Gasteiger partial charge in [0.25, 0.3) is 0 Å².